The summed E-state index contributed by atoms with van der Waals surface area (Å²) in [6.45, 7) is 2.63. The third-order valence-corrected chi connectivity index (χ3v) is 8.08. The van der Waals surface area contributed by atoms with Crippen molar-refractivity contribution < 1.29 is 27.6 Å². The predicted octanol–water partition coefficient (Wildman–Crippen LogP) is 5.23. The fourth-order valence-electron chi connectivity index (χ4n) is 4.92. The van der Waals surface area contributed by atoms with Crippen LogP contribution in [0.2, 0.25) is 5.02 Å². The van der Waals surface area contributed by atoms with Gasteiger partial charge in [-0.1, -0.05) is 11.6 Å². The second-order valence-electron chi connectivity index (χ2n) is 9.47. The van der Waals surface area contributed by atoms with Crippen LogP contribution in [-0.4, -0.2) is 66.4 Å². The lowest BCUT2D eigenvalue weighted by Crippen LogP contribution is -2.54. The molecule has 0 saturated carbocycles. The molecule has 13 heteroatoms. The Balaban J connectivity index is 1.37. The van der Waals surface area contributed by atoms with Gasteiger partial charge in [-0.15, -0.1) is 11.3 Å². The standard InChI is InChI=1S/C25H29ClF3N5O3S/c1-14(35)20(11-15-9-18(25(27,28)29)22(30-2)19(26)10-15)31-23(36)33-6-4-17(5-7-33)34-8-3-16-12-38-13-21(16)32-24(34)37/h9-10,12-13,17,20,30H,3-8,11H2,1-2H3,(H,31,36)(H,32,37)/t20-/m1/s1. The molecule has 2 aliphatic rings. The van der Waals surface area contributed by atoms with Crippen molar-refractivity contribution in [2.75, 3.05) is 37.3 Å². The number of nitrogens with one attached hydrogen (secondary N) is 3. The van der Waals surface area contributed by atoms with Gasteiger partial charge < -0.3 is 25.8 Å². The van der Waals surface area contributed by atoms with Gasteiger partial charge in [0.25, 0.3) is 0 Å². The fourth-order valence-corrected chi connectivity index (χ4v) is 6.08. The van der Waals surface area contributed by atoms with E-state index in [0.717, 1.165) is 23.7 Å². The summed E-state index contributed by atoms with van der Waals surface area (Å²) in [5.41, 5.74) is 0.954. The highest BCUT2D eigenvalue weighted by Crippen LogP contribution is 2.39. The van der Waals surface area contributed by atoms with Gasteiger partial charge in [-0.05, 0) is 61.2 Å². The third kappa shape index (κ3) is 6.17. The van der Waals surface area contributed by atoms with Crippen LogP contribution >= 0.6 is 22.9 Å². The third-order valence-electron chi connectivity index (χ3n) is 6.99. The molecule has 38 heavy (non-hydrogen) atoms. The number of thiophene rings is 1. The number of ketones is 1. The number of halogens is 4. The lowest BCUT2D eigenvalue weighted by atomic mass is 9.99. The molecule has 1 atom stereocenters. The van der Waals surface area contributed by atoms with Crippen LogP contribution in [0.25, 0.3) is 0 Å². The molecule has 2 aromatic rings. The highest BCUT2D eigenvalue weighted by molar-refractivity contribution is 7.08. The zero-order valence-corrected chi connectivity index (χ0v) is 22.5. The largest absolute Gasteiger partial charge is 0.418 e. The van der Waals surface area contributed by atoms with E-state index < -0.39 is 23.8 Å². The summed E-state index contributed by atoms with van der Waals surface area (Å²) in [4.78, 5) is 41.4. The molecule has 8 nitrogen and oxygen atoms in total. The molecule has 4 rings (SSSR count). The van der Waals surface area contributed by atoms with Gasteiger partial charge in [0.05, 0.1) is 28.0 Å². The maximum atomic E-state index is 13.5. The average Bonchev–Trinajstić information content (AvgIpc) is 3.23. The number of likely N-dealkylation sites (tertiary alicyclic amines) is 1. The second-order valence-corrected chi connectivity index (χ2v) is 10.6. The van der Waals surface area contributed by atoms with Crippen molar-refractivity contribution >= 4 is 52.2 Å². The SMILES string of the molecule is CNc1c(Cl)cc(C[C@@H](NC(=O)N2CCC(N3CCc4cscc4NC3=O)CC2)C(C)=O)cc1C(F)(F)F. The number of piperidine rings is 1. The topological polar surface area (TPSA) is 93.8 Å². The molecule has 0 radical (unpaired) electrons. The summed E-state index contributed by atoms with van der Waals surface area (Å²) in [6.07, 6.45) is -2.87. The molecule has 4 amide bonds. The molecule has 3 heterocycles. The summed E-state index contributed by atoms with van der Waals surface area (Å²) in [5.74, 6) is -0.385. The summed E-state index contributed by atoms with van der Waals surface area (Å²) >= 11 is 7.62. The van der Waals surface area contributed by atoms with E-state index in [-0.39, 0.29) is 40.6 Å². The van der Waals surface area contributed by atoms with Crippen LogP contribution in [0.15, 0.2) is 22.9 Å². The number of Topliss-reactive ketones (excluding diaryl/α,β-unsaturated/α-hetero) is 1. The minimum Gasteiger partial charge on any atom is -0.386 e. The number of benzene rings is 1. The Labute approximate surface area is 227 Å². The van der Waals surface area contributed by atoms with Crippen molar-refractivity contribution in [1.82, 2.24) is 15.1 Å². The zero-order chi connectivity index (χ0) is 27.6. The smallest absolute Gasteiger partial charge is 0.386 e. The molecular weight excluding hydrogens is 543 g/mol. The Bertz CT molecular complexity index is 1210. The number of carbonyl (C=O) groups excluding carboxylic acids is 3. The molecule has 0 bridgehead atoms. The Morgan fingerprint density at radius 3 is 2.55 bits per heavy atom. The van der Waals surface area contributed by atoms with Crippen molar-refractivity contribution in [3.63, 3.8) is 0 Å². The normalized spacial score (nSPS) is 17.4. The maximum absolute atomic E-state index is 13.5. The summed E-state index contributed by atoms with van der Waals surface area (Å²) in [5, 5.41) is 11.9. The van der Waals surface area contributed by atoms with Gasteiger partial charge in [-0.25, -0.2) is 9.59 Å². The first-order chi connectivity index (χ1) is 18.0. The van der Waals surface area contributed by atoms with E-state index in [1.807, 2.05) is 15.7 Å². The van der Waals surface area contributed by atoms with Gasteiger partial charge in [0.1, 0.15) is 0 Å². The van der Waals surface area contributed by atoms with Gasteiger partial charge >= 0.3 is 18.2 Å². The minimum atomic E-state index is -4.65. The predicted molar refractivity (Wildman–Crippen MR) is 141 cm³/mol. The summed E-state index contributed by atoms with van der Waals surface area (Å²) in [7, 11) is 1.34. The molecule has 206 valence electrons. The number of fused-ring (bicyclic) bond motifs is 1. The molecule has 0 aliphatic carbocycles. The number of hydrogen-bond donors (Lipinski definition) is 3. The van der Waals surface area contributed by atoms with Gasteiger partial charge in [0.15, 0.2) is 5.78 Å². The van der Waals surface area contributed by atoms with Crippen molar-refractivity contribution in [1.29, 1.82) is 0 Å². The molecule has 1 saturated heterocycles. The van der Waals surface area contributed by atoms with Gasteiger partial charge in [-0.2, -0.15) is 13.2 Å². The molecule has 0 spiro atoms. The molecular formula is C25H29ClF3N5O3S. The van der Waals surface area contributed by atoms with Crippen molar-refractivity contribution in [3.8, 4) is 0 Å². The lowest BCUT2D eigenvalue weighted by Gasteiger charge is -2.38. The van der Waals surface area contributed by atoms with E-state index in [1.54, 1.807) is 16.2 Å². The molecule has 1 fully saturated rings. The van der Waals surface area contributed by atoms with E-state index in [9.17, 15) is 27.6 Å². The fraction of sp³-hybridized carbons (Fsp3) is 0.480. The maximum Gasteiger partial charge on any atom is 0.418 e. The average molecular weight is 572 g/mol. The van der Waals surface area contributed by atoms with Crippen LogP contribution in [0.3, 0.4) is 0 Å². The van der Waals surface area contributed by atoms with Gasteiger partial charge in [0, 0.05) is 38.1 Å². The van der Waals surface area contributed by atoms with Crippen LogP contribution in [0.5, 0.6) is 0 Å². The molecule has 0 unspecified atom stereocenters. The highest BCUT2D eigenvalue weighted by Gasteiger charge is 2.36. The number of alkyl halides is 3. The number of carbonyl (C=O) groups is 3. The first-order valence-corrected chi connectivity index (χ1v) is 13.6. The molecule has 3 N–H and O–H groups in total. The number of amides is 4. The first-order valence-electron chi connectivity index (χ1n) is 12.2. The van der Waals surface area contributed by atoms with Gasteiger partial charge in [0.2, 0.25) is 0 Å². The Morgan fingerprint density at radius 2 is 1.92 bits per heavy atom. The van der Waals surface area contributed by atoms with Gasteiger partial charge in [-0.3, -0.25) is 4.79 Å². The van der Waals surface area contributed by atoms with Crippen LogP contribution in [-0.2, 0) is 23.8 Å². The Hall–Kier alpha value is -2.99. The van der Waals surface area contributed by atoms with Crippen LogP contribution in [0, 0.1) is 0 Å². The quantitative estimate of drug-likeness (QED) is 0.443. The van der Waals surface area contributed by atoms with Crippen LogP contribution in [0.4, 0.5) is 34.1 Å². The van der Waals surface area contributed by atoms with E-state index in [4.69, 9.17) is 11.6 Å². The van der Waals surface area contributed by atoms with E-state index >= 15 is 0 Å². The Kier molecular flexibility index (Phi) is 8.41. The summed E-state index contributed by atoms with van der Waals surface area (Å²) in [6, 6.07) is 0.636. The van der Waals surface area contributed by atoms with Crippen LogP contribution in [0.1, 0.15) is 36.5 Å². The number of urea groups is 2. The molecule has 1 aromatic carbocycles. The van der Waals surface area contributed by atoms with Crippen molar-refractivity contribution in [2.45, 2.75) is 50.9 Å². The minimum absolute atomic E-state index is 0.0241. The lowest BCUT2D eigenvalue weighted by molar-refractivity contribution is -0.137. The monoisotopic (exact) mass is 571 g/mol. The first kappa shape index (κ1) is 28.0. The van der Waals surface area contributed by atoms with E-state index in [0.29, 0.717) is 32.5 Å². The number of rotatable bonds is 6. The Morgan fingerprint density at radius 1 is 1.21 bits per heavy atom. The van der Waals surface area contributed by atoms with E-state index in [1.165, 1.54) is 20.0 Å². The van der Waals surface area contributed by atoms with E-state index in [2.05, 4.69) is 16.0 Å². The molecule has 2 aliphatic heterocycles. The van der Waals surface area contributed by atoms with Crippen molar-refractivity contribution in [3.05, 3.63) is 44.6 Å². The number of hydrogen-bond acceptors (Lipinski definition) is 5. The second kappa shape index (κ2) is 11.4. The van der Waals surface area contributed by atoms with Crippen LogP contribution < -0.4 is 16.0 Å². The summed E-state index contributed by atoms with van der Waals surface area (Å²) < 4.78 is 40.6. The molecule has 1 aromatic heterocycles. The highest BCUT2D eigenvalue weighted by atomic mass is 35.5. The zero-order valence-electron chi connectivity index (χ0n) is 21.0. The van der Waals surface area contributed by atoms with Crippen molar-refractivity contribution in [2.24, 2.45) is 0 Å². The number of nitrogens with zero attached hydrogens (tertiary/aromatic N) is 2. The number of anilines is 2.